The molecule has 2 amide bonds. The number of benzene rings is 1. The first-order chi connectivity index (χ1) is 9.61. The quantitative estimate of drug-likeness (QED) is 0.860. The molecule has 1 aromatic rings. The molecule has 0 radical (unpaired) electrons. The molecule has 0 fully saturated rings. The topological polar surface area (TPSA) is 50.8 Å². The van der Waals surface area contributed by atoms with Crippen molar-refractivity contribution >= 4 is 11.7 Å². The second kappa shape index (κ2) is 6.61. The summed E-state index contributed by atoms with van der Waals surface area (Å²) in [6.45, 7) is 5.79. The minimum absolute atomic E-state index is 0.00469. The molecule has 110 valence electrons. The Labute approximate surface area is 119 Å². The van der Waals surface area contributed by atoms with E-state index in [1.165, 1.54) is 0 Å². The normalized spacial score (nSPS) is 17.4. The highest BCUT2D eigenvalue weighted by molar-refractivity contribution is 5.94. The highest BCUT2D eigenvalue weighted by atomic mass is 16.5. The Hall–Kier alpha value is -1.75. The fourth-order valence-corrected chi connectivity index (χ4v) is 2.25. The third kappa shape index (κ3) is 3.42. The second-order valence-corrected chi connectivity index (χ2v) is 5.09. The van der Waals surface area contributed by atoms with Crippen molar-refractivity contribution in [2.75, 3.05) is 31.7 Å². The average molecular weight is 278 g/mol. The molecule has 0 unspecified atom stereocenters. The van der Waals surface area contributed by atoms with E-state index in [1.54, 1.807) is 12.0 Å². The van der Waals surface area contributed by atoms with Gasteiger partial charge in [0.1, 0.15) is 11.9 Å². The highest BCUT2D eigenvalue weighted by Crippen LogP contribution is 2.34. The Bertz CT molecular complexity index is 476. The van der Waals surface area contributed by atoms with Gasteiger partial charge in [0.25, 0.3) is 0 Å². The van der Waals surface area contributed by atoms with E-state index in [0.29, 0.717) is 19.7 Å². The van der Waals surface area contributed by atoms with Gasteiger partial charge < -0.3 is 14.8 Å². The number of nitrogens with one attached hydrogen (secondary N) is 1. The highest BCUT2D eigenvalue weighted by Gasteiger charge is 2.27. The van der Waals surface area contributed by atoms with Crippen LogP contribution >= 0.6 is 0 Å². The summed E-state index contributed by atoms with van der Waals surface area (Å²) in [7, 11) is 1.66. The van der Waals surface area contributed by atoms with E-state index in [0.717, 1.165) is 23.4 Å². The molecule has 20 heavy (non-hydrogen) atoms. The Morgan fingerprint density at radius 2 is 2.35 bits per heavy atom. The van der Waals surface area contributed by atoms with Crippen molar-refractivity contribution in [3.63, 3.8) is 0 Å². The molecule has 0 bridgehead atoms. The monoisotopic (exact) mass is 278 g/mol. The Kier molecular flexibility index (Phi) is 4.84. The van der Waals surface area contributed by atoms with Crippen LogP contribution in [0.1, 0.15) is 18.9 Å². The molecular weight excluding hydrogens is 256 g/mol. The van der Waals surface area contributed by atoms with Gasteiger partial charge in [-0.1, -0.05) is 6.07 Å². The van der Waals surface area contributed by atoms with E-state index in [-0.39, 0.29) is 12.1 Å². The van der Waals surface area contributed by atoms with Crippen molar-refractivity contribution in [1.82, 2.24) is 5.32 Å². The van der Waals surface area contributed by atoms with E-state index < -0.39 is 0 Å². The fourth-order valence-electron chi connectivity index (χ4n) is 2.25. The summed E-state index contributed by atoms with van der Waals surface area (Å²) in [5.41, 5.74) is 1.95. The van der Waals surface area contributed by atoms with E-state index in [1.807, 2.05) is 32.0 Å². The summed E-state index contributed by atoms with van der Waals surface area (Å²) in [5, 5.41) is 2.92. The maximum Gasteiger partial charge on any atom is 0.322 e. The molecule has 5 heteroatoms. The molecule has 0 aromatic heterocycles. The van der Waals surface area contributed by atoms with Gasteiger partial charge in [-0.3, -0.25) is 4.90 Å². The summed E-state index contributed by atoms with van der Waals surface area (Å²) < 4.78 is 10.7. The van der Waals surface area contributed by atoms with Gasteiger partial charge in [-0.05, 0) is 38.0 Å². The summed E-state index contributed by atoms with van der Waals surface area (Å²) in [6, 6.07) is 5.82. The van der Waals surface area contributed by atoms with Crippen LogP contribution in [0.2, 0.25) is 0 Å². The maximum atomic E-state index is 12.3. The first-order valence-corrected chi connectivity index (χ1v) is 6.93. The van der Waals surface area contributed by atoms with Gasteiger partial charge in [-0.25, -0.2) is 4.79 Å². The lowest BCUT2D eigenvalue weighted by molar-refractivity contribution is 0.192. The number of ether oxygens (including phenoxy) is 2. The Balaban J connectivity index is 2.08. The number of anilines is 1. The molecule has 2 rings (SSSR count). The summed E-state index contributed by atoms with van der Waals surface area (Å²) in [5.74, 6) is 0.765. The standard InChI is InChI=1S/C15H22N2O3/c1-11-5-6-14-13(9-11)17(10-12(2)20-14)15(18)16-7-4-8-19-3/h5-6,9,12H,4,7-8,10H2,1-3H3,(H,16,18)/t12-/m0/s1. The number of nitrogens with zero attached hydrogens (tertiary/aromatic N) is 1. The smallest absolute Gasteiger partial charge is 0.322 e. The van der Waals surface area contributed by atoms with Crippen LogP contribution in [0, 0.1) is 6.92 Å². The van der Waals surface area contributed by atoms with Gasteiger partial charge in [0, 0.05) is 20.3 Å². The zero-order valence-electron chi connectivity index (χ0n) is 12.3. The Morgan fingerprint density at radius 1 is 1.55 bits per heavy atom. The van der Waals surface area contributed by atoms with Crippen LogP contribution in [0.5, 0.6) is 5.75 Å². The number of hydrogen-bond acceptors (Lipinski definition) is 3. The first kappa shape index (κ1) is 14.7. The van der Waals surface area contributed by atoms with Gasteiger partial charge in [0.05, 0.1) is 12.2 Å². The van der Waals surface area contributed by atoms with Crippen LogP contribution in [-0.4, -0.2) is 38.9 Å². The SMILES string of the molecule is COCCCNC(=O)N1C[C@H](C)Oc2ccc(C)cc21. The second-order valence-electron chi connectivity index (χ2n) is 5.09. The third-order valence-electron chi connectivity index (χ3n) is 3.22. The molecule has 5 nitrogen and oxygen atoms in total. The van der Waals surface area contributed by atoms with Crippen LogP contribution in [0.3, 0.4) is 0 Å². The molecule has 0 aliphatic carbocycles. The molecule has 0 saturated carbocycles. The minimum Gasteiger partial charge on any atom is -0.487 e. The van der Waals surface area contributed by atoms with Crippen molar-refractivity contribution in [1.29, 1.82) is 0 Å². The fraction of sp³-hybridized carbons (Fsp3) is 0.533. The average Bonchev–Trinajstić information content (AvgIpc) is 2.43. The van der Waals surface area contributed by atoms with Crippen LogP contribution < -0.4 is 15.0 Å². The largest absolute Gasteiger partial charge is 0.487 e. The molecule has 1 N–H and O–H groups in total. The number of hydrogen-bond donors (Lipinski definition) is 1. The molecule has 0 spiro atoms. The molecule has 1 aromatic carbocycles. The van der Waals surface area contributed by atoms with Crippen LogP contribution in [0.15, 0.2) is 18.2 Å². The predicted octanol–water partition coefficient (Wildman–Crippen LogP) is 2.33. The van der Waals surface area contributed by atoms with Crippen molar-refractivity contribution < 1.29 is 14.3 Å². The first-order valence-electron chi connectivity index (χ1n) is 6.93. The van der Waals surface area contributed by atoms with Gasteiger partial charge in [0.2, 0.25) is 0 Å². The lowest BCUT2D eigenvalue weighted by Crippen LogP contribution is -2.47. The number of carbonyl (C=O) groups excluding carboxylic acids is 1. The zero-order chi connectivity index (χ0) is 14.5. The van der Waals surface area contributed by atoms with Crippen molar-refractivity contribution in [3.05, 3.63) is 23.8 Å². The zero-order valence-corrected chi connectivity index (χ0v) is 12.3. The summed E-state index contributed by atoms with van der Waals surface area (Å²) in [6.07, 6.45) is 0.804. The molecule has 1 heterocycles. The van der Waals surface area contributed by atoms with Gasteiger partial charge in [-0.2, -0.15) is 0 Å². The number of amides is 2. The molecule has 1 aliphatic heterocycles. The van der Waals surface area contributed by atoms with E-state index in [2.05, 4.69) is 5.32 Å². The van der Waals surface area contributed by atoms with Gasteiger partial charge >= 0.3 is 6.03 Å². The van der Waals surface area contributed by atoms with Crippen LogP contribution in [-0.2, 0) is 4.74 Å². The van der Waals surface area contributed by atoms with E-state index in [4.69, 9.17) is 9.47 Å². The Morgan fingerprint density at radius 3 is 3.10 bits per heavy atom. The van der Waals surface area contributed by atoms with E-state index in [9.17, 15) is 4.79 Å². The van der Waals surface area contributed by atoms with Gasteiger partial charge in [-0.15, -0.1) is 0 Å². The minimum atomic E-state index is -0.0805. The molecule has 0 saturated heterocycles. The molecule has 1 aliphatic rings. The van der Waals surface area contributed by atoms with Crippen molar-refractivity contribution in [3.8, 4) is 5.75 Å². The van der Waals surface area contributed by atoms with Gasteiger partial charge in [0.15, 0.2) is 0 Å². The molecular formula is C15H22N2O3. The van der Waals surface area contributed by atoms with E-state index >= 15 is 0 Å². The lowest BCUT2D eigenvalue weighted by Gasteiger charge is -2.33. The lowest BCUT2D eigenvalue weighted by atomic mass is 10.1. The number of fused-ring (bicyclic) bond motifs is 1. The summed E-state index contributed by atoms with van der Waals surface area (Å²) in [4.78, 5) is 14.1. The maximum absolute atomic E-state index is 12.3. The number of aryl methyl sites for hydroxylation is 1. The van der Waals surface area contributed by atoms with Crippen LogP contribution in [0.4, 0.5) is 10.5 Å². The summed E-state index contributed by atoms with van der Waals surface area (Å²) >= 11 is 0. The van der Waals surface area contributed by atoms with Crippen LogP contribution in [0.25, 0.3) is 0 Å². The van der Waals surface area contributed by atoms with Crippen molar-refractivity contribution in [2.24, 2.45) is 0 Å². The number of urea groups is 1. The third-order valence-corrected chi connectivity index (χ3v) is 3.22. The van der Waals surface area contributed by atoms with Crippen molar-refractivity contribution in [2.45, 2.75) is 26.4 Å². The number of methoxy groups -OCH3 is 1. The number of carbonyl (C=O) groups is 1. The molecule has 1 atom stereocenters. The number of rotatable bonds is 4. The predicted molar refractivity (Wildman–Crippen MR) is 78.5 cm³/mol.